The summed E-state index contributed by atoms with van der Waals surface area (Å²) in [6.07, 6.45) is 1.69. The molecule has 2 aromatic rings. The molecule has 1 aromatic heterocycles. The lowest BCUT2D eigenvalue weighted by molar-refractivity contribution is 0.606. The first-order valence-electron chi connectivity index (χ1n) is 4.01. The molecule has 62 valence electrons. The van der Waals surface area contributed by atoms with E-state index in [0.717, 1.165) is 16.5 Å². The molecule has 0 aliphatic carbocycles. The Balaban J connectivity index is 2.73. The smallest absolute Gasteiger partial charge is 0.138 e. The molecule has 0 aliphatic rings. The SMILES string of the molecule is C[C@@H](N)c1cccc2ccoc12. The highest BCUT2D eigenvalue weighted by molar-refractivity contribution is 5.80. The second-order valence-electron chi connectivity index (χ2n) is 2.97. The summed E-state index contributed by atoms with van der Waals surface area (Å²) < 4.78 is 5.33. The molecule has 0 radical (unpaired) electrons. The van der Waals surface area contributed by atoms with Gasteiger partial charge >= 0.3 is 0 Å². The molecule has 1 atom stereocenters. The molecule has 0 amide bonds. The third-order valence-corrected chi connectivity index (χ3v) is 2.00. The van der Waals surface area contributed by atoms with Crippen molar-refractivity contribution in [3.63, 3.8) is 0 Å². The van der Waals surface area contributed by atoms with E-state index >= 15 is 0 Å². The normalized spacial score (nSPS) is 13.5. The Morgan fingerprint density at radius 3 is 2.92 bits per heavy atom. The van der Waals surface area contributed by atoms with E-state index in [1.807, 2.05) is 31.2 Å². The minimum absolute atomic E-state index is 0.0276. The molecule has 0 saturated carbocycles. The van der Waals surface area contributed by atoms with Gasteiger partial charge in [0.25, 0.3) is 0 Å². The predicted molar refractivity (Wildman–Crippen MR) is 48.8 cm³/mol. The van der Waals surface area contributed by atoms with Crippen molar-refractivity contribution in [3.8, 4) is 0 Å². The van der Waals surface area contributed by atoms with E-state index in [4.69, 9.17) is 10.2 Å². The zero-order valence-electron chi connectivity index (χ0n) is 6.95. The lowest BCUT2D eigenvalue weighted by Crippen LogP contribution is -2.04. The number of benzene rings is 1. The molecule has 0 aliphatic heterocycles. The van der Waals surface area contributed by atoms with Crippen LogP contribution in [-0.2, 0) is 0 Å². The summed E-state index contributed by atoms with van der Waals surface area (Å²) in [6.45, 7) is 1.96. The average Bonchev–Trinajstić information content (AvgIpc) is 2.49. The van der Waals surface area contributed by atoms with Crippen molar-refractivity contribution in [1.29, 1.82) is 0 Å². The van der Waals surface area contributed by atoms with Gasteiger partial charge in [0.1, 0.15) is 5.58 Å². The van der Waals surface area contributed by atoms with Crippen molar-refractivity contribution in [2.75, 3.05) is 0 Å². The highest BCUT2D eigenvalue weighted by Crippen LogP contribution is 2.23. The molecule has 2 N–H and O–H groups in total. The molecular formula is C10H11NO. The Kier molecular flexibility index (Phi) is 1.62. The van der Waals surface area contributed by atoms with Gasteiger partial charge in [-0.15, -0.1) is 0 Å². The molecule has 2 rings (SSSR count). The molecule has 2 nitrogen and oxygen atoms in total. The van der Waals surface area contributed by atoms with Crippen LogP contribution in [0.25, 0.3) is 11.0 Å². The van der Waals surface area contributed by atoms with Gasteiger partial charge in [0.15, 0.2) is 0 Å². The van der Waals surface area contributed by atoms with Gasteiger partial charge < -0.3 is 10.2 Å². The van der Waals surface area contributed by atoms with E-state index < -0.39 is 0 Å². The second kappa shape index (κ2) is 2.64. The van der Waals surface area contributed by atoms with E-state index in [2.05, 4.69) is 0 Å². The Morgan fingerprint density at radius 1 is 1.33 bits per heavy atom. The summed E-state index contributed by atoms with van der Waals surface area (Å²) in [5, 5.41) is 1.12. The van der Waals surface area contributed by atoms with Gasteiger partial charge in [-0.1, -0.05) is 18.2 Å². The fraction of sp³-hybridized carbons (Fsp3) is 0.200. The van der Waals surface area contributed by atoms with E-state index in [0.29, 0.717) is 0 Å². The van der Waals surface area contributed by atoms with Crippen LogP contribution in [0.5, 0.6) is 0 Å². The molecule has 0 bridgehead atoms. The van der Waals surface area contributed by atoms with Crippen LogP contribution in [0.2, 0.25) is 0 Å². The standard InChI is InChI=1S/C10H11NO/c1-7(11)9-4-2-3-8-5-6-12-10(8)9/h2-7H,11H2,1H3/t7-/m1/s1. The number of furan rings is 1. The molecule has 1 heterocycles. The lowest BCUT2D eigenvalue weighted by atomic mass is 10.1. The largest absolute Gasteiger partial charge is 0.464 e. The highest BCUT2D eigenvalue weighted by atomic mass is 16.3. The van der Waals surface area contributed by atoms with Crippen molar-refractivity contribution in [2.45, 2.75) is 13.0 Å². The minimum Gasteiger partial charge on any atom is -0.464 e. The van der Waals surface area contributed by atoms with Gasteiger partial charge in [-0.2, -0.15) is 0 Å². The molecule has 0 fully saturated rings. The van der Waals surface area contributed by atoms with Gasteiger partial charge in [-0.05, 0) is 13.0 Å². The molecule has 1 aromatic carbocycles. The van der Waals surface area contributed by atoms with Crippen LogP contribution in [0.4, 0.5) is 0 Å². The third kappa shape index (κ3) is 1.01. The molecule has 0 unspecified atom stereocenters. The van der Waals surface area contributed by atoms with Crippen LogP contribution in [0.15, 0.2) is 34.9 Å². The van der Waals surface area contributed by atoms with Crippen molar-refractivity contribution >= 4 is 11.0 Å². The zero-order chi connectivity index (χ0) is 8.55. The van der Waals surface area contributed by atoms with Crippen molar-refractivity contribution in [3.05, 3.63) is 36.1 Å². The van der Waals surface area contributed by atoms with Gasteiger partial charge in [0, 0.05) is 17.0 Å². The zero-order valence-corrected chi connectivity index (χ0v) is 6.95. The van der Waals surface area contributed by atoms with E-state index in [-0.39, 0.29) is 6.04 Å². The van der Waals surface area contributed by atoms with Crippen LogP contribution in [0.3, 0.4) is 0 Å². The summed E-state index contributed by atoms with van der Waals surface area (Å²) in [7, 11) is 0. The fourth-order valence-electron chi connectivity index (χ4n) is 1.37. The number of hydrogen-bond acceptors (Lipinski definition) is 2. The van der Waals surface area contributed by atoms with Crippen LogP contribution >= 0.6 is 0 Å². The monoisotopic (exact) mass is 161 g/mol. The molecular weight excluding hydrogens is 150 g/mol. The van der Waals surface area contributed by atoms with Gasteiger partial charge in [-0.25, -0.2) is 0 Å². The molecule has 0 spiro atoms. The first-order valence-corrected chi connectivity index (χ1v) is 4.01. The van der Waals surface area contributed by atoms with Crippen molar-refractivity contribution < 1.29 is 4.42 Å². The Hall–Kier alpha value is -1.28. The Bertz CT molecular complexity index is 389. The maximum Gasteiger partial charge on any atom is 0.138 e. The Morgan fingerprint density at radius 2 is 2.17 bits per heavy atom. The maximum atomic E-state index is 5.78. The minimum atomic E-state index is 0.0276. The van der Waals surface area contributed by atoms with E-state index in [1.165, 1.54) is 0 Å². The van der Waals surface area contributed by atoms with Gasteiger partial charge in [-0.3, -0.25) is 0 Å². The summed E-state index contributed by atoms with van der Waals surface area (Å²) in [6, 6.07) is 7.98. The van der Waals surface area contributed by atoms with Crippen LogP contribution in [0.1, 0.15) is 18.5 Å². The third-order valence-electron chi connectivity index (χ3n) is 2.00. The Labute approximate surface area is 71.0 Å². The van der Waals surface area contributed by atoms with E-state index in [1.54, 1.807) is 6.26 Å². The number of nitrogens with two attached hydrogens (primary N) is 1. The van der Waals surface area contributed by atoms with E-state index in [9.17, 15) is 0 Å². The second-order valence-corrected chi connectivity index (χ2v) is 2.97. The molecule has 12 heavy (non-hydrogen) atoms. The quantitative estimate of drug-likeness (QED) is 0.697. The summed E-state index contributed by atoms with van der Waals surface area (Å²) in [5.41, 5.74) is 7.76. The van der Waals surface area contributed by atoms with Crippen molar-refractivity contribution in [2.24, 2.45) is 5.73 Å². The fourth-order valence-corrected chi connectivity index (χ4v) is 1.37. The summed E-state index contributed by atoms with van der Waals surface area (Å²) >= 11 is 0. The van der Waals surface area contributed by atoms with Crippen LogP contribution in [-0.4, -0.2) is 0 Å². The van der Waals surface area contributed by atoms with Crippen LogP contribution in [0, 0.1) is 0 Å². The van der Waals surface area contributed by atoms with Crippen molar-refractivity contribution in [1.82, 2.24) is 0 Å². The summed E-state index contributed by atoms with van der Waals surface area (Å²) in [4.78, 5) is 0. The highest BCUT2D eigenvalue weighted by Gasteiger charge is 2.06. The molecule has 2 heteroatoms. The average molecular weight is 161 g/mol. The number of rotatable bonds is 1. The molecule has 0 saturated heterocycles. The van der Waals surface area contributed by atoms with Crippen LogP contribution < -0.4 is 5.73 Å². The lowest BCUT2D eigenvalue weighted by Gasteiger charge is -2.04. The number of hydrogen-bond donors (Lipinski definition) is 1. The number of para-hydroxylation sites is 1. The number of fused-ring (bicyclic) bond motifs is 1. The maximum absolute atomic E-state index is 5.78. The first kappa shape index (κ1) is 7.37. The summed E-state index contributed by atoms with van der Waals surface area (Å²) in [5.74, 6) is 0. The topological polar surface area (TPSA) is 39.2 Å². The first-order chi connectivity index (χ1) is 5.79. The van der Waals surface area contributed by atoms with Gasteiger partial charge in [0.05, 0.1) is 6.26 Å². The predicted octanol–water partition coefficient (Wildman–Crippen LogP) is 2.45. The van der Waals surface area contributed by atoms with Gasteiger partial charge in [0.2, 0.25) is 0 Å².